The number of nitrogens with one attached hydrogen (secondary N) is 1. The Kier molecular flexibility index (Phi) is 6.19. The van der Waals surface area contributed by atoms with E-state index in [-0.39, 0.29) is 0 Å². The van der Waals surface area contributed by atoms with E-state index in [1.54, 1.807) is 7.11 Å². The maximum Gasteiger partial charge on any atom is 0.0474 e. The lowest BCUT2D eigenvalue weighted by Gasteiger charge is -2.12. The first-order valence-electron chi connectivity index (χ1n) is 6.16. The van der Waals surface area contributed by atoms with Crippen molar-refractivity contribution < 1.29 is 4.74 Å². The van der Waals surface area contributed by atoms with Crippen LogP contribution in [-0.2, 0) is 11.3 Å². The summed E-state index contributed by atoms with van der Waals surface area (Å²) in [6, 6.07) is 2.62. The van der Waals surface area contributed by atoms with Crippen molar-refractivity contribution in [1.29, 1.82) is 0 Å². The lowest BCUT2D eigenvalue weighted by atomic mass is 10.2. The quantitative estimate of drug-likeness (QED) is 0.687. The van der Waals surface area contributed by atoms with E-state index < -0.39 is 0 Å². The van der Waals surface area contributed by atoms with E-state index in [4.69, 9.17) is 4.74 Å². The van der Waals surface area contributed by atoms with Gasteiger partial charge in [0.05, 0.1) is 0 Å². The van der Waals surface area contributed by atoms with Crippen LogP contribution in [0.1, 0.15) is 38.3 Å². The Morgan fingerprint density at radius 1 is 1.50 bits per heavy atom. The fourth-order valence-electron chi connectivity index (χ4n) is 1.77. The summed E-state index contributed by atoms with van der Waals surface area (Å²) in [6.07, 6.45) is 6.64. The number of methoxy groups -OCH3 is 1. The van der Waals surface area contributed by atoms with Crippen LogP contribution in [0.25, 0.3) is 0 Å². The summed E-state index contributed by atoms with van der Waals surface area (Å²) in [5.41, 5.74) is 1.37. The number of ether oxygens (including phenoxy) is 1. The zero-order valence-corrected chi connectivity index (χ0v) is 10.7. The van der Waals surface area contributed by atoms with Crippen LogP contribution in [0.15, 0.2) is 18.5 Å². The first-order chi connectivity index (χ1) is 7.77. The largest absolute Gasteiger partial charge is 0.385 e. The average molecular weight is 224 g/mol. The molecule has 3 nitrogen and oxygen atoms in total. The predicted molar refractivity (Wildman–Crippen MR) is 67.6 cm³/mol. The molecule has 0 aromatic carbocycles. The van der Waals surface area contributed by atoms with E-state index >= 15 is 0 Å². The zero-order valence-electron chi connectivity index (χ0n) is 10.7. The third kappa shape index (κ3) is 4.37. The Labute approximate surface area is 98.8 Å². The van der Waals surface area contributed by atoms with Gasteiger partial charge in [-0.15, -0.1) is 0 Å². The average Bonchev–Trinajstić information content (AvgIpc) is 2.73. The second-order valence-corrected chi connectivity index (χ2v) is 4.20. The molecule has 1 aromatic heterocycles. The van der Waals surface area contributed by atoms with Crippen molar-refractivity contribution in [2.75, 3.05) is 20.3 Å². The monoisotopic (exact) mass is 224 g/mol. The highest BCUT2D eigenvalue weighted by atomic mass is 16.5. The normalized spacial score (nSPS) is 12.9. The van der Waals surface area contributed by atoms with Crippen molar-refractivity contribution in [3.05, 3.63) is 24.0 Å². The van der Waals surface area contributed by atoms with Crippen LogP contribution in [0, 0.1) is 0 Å². The second-order valence-electron chi connectivity index (χ2n) is 4.20. The molecule has 1 heterocycles. The van der Waals surface area contributed by atoms with Gasteiger partial charge in [0.25, 0.3) is 0 Å². The summed E-state index contributed by atoms with van der Waals surface area (Å²) in [7, 11) is 1.74. The Morgan fingerprint density at radius 3 is 3.00 bits per heavy atom. The van der Waals surface area contributed by atoms with E-state index in [0.717, 1.165) is 26.1 Å². The van der Waals surface area contributed by atoms with Gasteiger partial charge in [0, 0.05) is 38.7 Å². The first-order valence-corrected chi connectivity index (χ1v) is 6.16. The SMILES string of the molecule is CCCn1ccc([C@@H](C)NCCCOC)c1. The summed E-state index contributed by atoms with van der Waals surface area (Å²) in [4.78, 5) is 0. The predicted octanol–water partition coefficient (Wildman–Crippen LogP) is 2.59. The molecule has 0 radical (unpaired) electrons. The molecular weight excluding hydrogens is 200 g/mol. The number of rotatable bonds is 8. The van der Waals surface area contributed by atoms with Gasteiger partial charge in [-0.25, -0.2) is 0 Å². The molecule has 0 spiro atoms. The van der Waals surface area contributed by atoms with Crippen LogP contribution in [0.3, 0.4) is 0 Å². The van der Waals surface area contributed by atoms with Gasteiger partial charge < -0.3 is 14.6 Å². The second kappa shape index (κ2) is 7.47. The molecule has 0 bridgehead atoms. The highest BCUT2D eigenvalue weighted by molar-refractivity contribution is 5.14. The number of aryl methyl sites for hydroxylation is 1. The molecule has 1 aromatic rings. The maximum absolute atomic E-state index is 5.02. The molecule has 0 aliphatic rings. The molecule has 92 valence electrons. The van der Waals surface area contributed by atoms with Gasteiger partial charge in [0.15, 0.2) is 0 Å². The Morgan fingerprint density at radius 2 is 2.31 bits per heavy atom. The third-order valence-electron chi connectivity index (χ3n) is 2.73. The summed E-state index contributed by atoms with van der Waals surface area (Å²) in [5, 5.41) is 3.50. The van der Waals surface area contributed by atoms with Crippen LogP contribution < -0.4 is 5.32 Å². The molecule has 0 fully saturated rings. The highest BCUT2D eigenvalue weighted by Gasteiger charge is 2.05. The van der Waals surface area contributed by atoms with Gasteiger partial charge in [-0.05, 0) is 37.9 Å². The molecule has 3 heteroatoms. The molecule has 0 saturated carbocycles. The van der Waals surface area contributed by atoms with Gasteiger partial charge in [0.1, 0.15) is 0 Å². The summed E-state index contributed by atoms with van der Waals surface area (Å²) in [6.45, 7) is 7.35. The first kappa shape index (κ1) is 13.3. The molecule has 16 heavy (non-hydrogen) atoms. The van der Waals surface area contributed by atoms with Crippen molar-refractivity contribution in [2.24, 2.45) is 0 Å². The lowest BCUT2D eigenvalue weighted by Crippen LogP contribution is -2.20. The van der Waals surface area contributed by atoms with Crippen molar-refractivity contribution in [3.8, 4) is 0 Å². The number of aromatic nitrogens is 1. The zero-order chi connectivity index (χ0) is 11.8. The molecule has 1 rings (SSSR count). The van der Waals surface area contributed by atoms with Gasteiger partial charge >= 0.3 is 0 Å². The summed E-state index contributed by atoms with van der Waals surface area (Å²) >= 11 is 0. The van der Waals surface area contributed by atoms with Gasteiger partial charge in [0.2, 0.25) is 0 Å². The number of hydrogen-bond donors (Lipinski definition) is 1. The summed E-state index contributed by atoms with van der Waals surface area (Å²) < 4.78 is 7.27. The lowest BCUT2D eigenvalue weighted by molar-refractivity contribution is 0.193. The minimum atomic E-state index is 0.426. The van der Waals surface area contributed by atoms with Crippen LogP contribution in [0.5, 0.6) is 0 Å². The molecule has 0 amide bonds. The van der Waals surface area contributed by atoms with Gasteiger partial charge in [-0.2, -0.15) is 0 Å². The minimum Gasteiger partial charge on any atom is -0.385 e. The number of hydrogen-bond acceptors (Lipinski definition) is 2. The number of nitrogens with zero attached hydrogens (tertiary/aromatic N) is 1. The molecule has 1 atom stereocenters. The van der Waals surface area contributed by atoms with E-state index in [1.807, 2.05) is 0 Å². The van der Waals surface area contributed by atoms with Crippen molar-refractivity contribution in [1.82, 2.24) is 9.88 Å². The van der Waals surface area contributed by atoms with Crippen molar-refractivity contribution in [2.45, 2.75) is 39.3 Å². The minimum absolute atomic E-state index is 0.426. The maximum atomic E-state index is 5.02. The third-order valence-corrected chi connectivity index (χ3v) is 2.73. The molecular formula is C13H24N2O. The molecule has 0 aliphatic carbocycles. The van der Waals surface area contributed by atoms with Crippen LogP contribution >= 0.6 is 0 Å². The fraction of sp³-hybridized carbons (Fsp3) is 0.692. The van der Waals surface area contributed by atoms with Gasteiger partial charge in [-0.3, -0.25) is 0 Å². The fourth-order valence-corrected chi connectivity index (χ4v) is 1.77. The van der Waals surface area contributed by atoms with Crippen molar-refractivity contribution in [3.63, 3.8) is 0 Å². The van der Waals surface area contributed by atoms with Crippen molar-refractivity contribution >= 4 is 0 Å². The highest BCUT2D eigenvalue weighted by Crippen LogP contribution is 2.12. The van der Waals surface area contributed by atoms with E-state index in [0.29, 0.717) is 6.04 Å². The van der Waals surface area contributed by atoms with E-state index in [2.05, 4.69) is 42.2 Å². The summed E-state index contributed by atoms with van der Waals surface area (Å²) in [5.74, 6) is 0. The molecule has 0 saturated heterocycles. The van der Waals surface area contributed by atoms with E-state index in [9.17, 15) is 0 Å². The van der Waals surface area contributed by atoms with Crippen LogP contribution in [0.4, 0.5) is 0 Å². The van der Waals surface area contributed by atoms with Crippen LogP contribution in [0.2, 0.25) is 0 Å². The molecule has 0 unspecified atom stereocenters. The smallest absolute Gasteiger partial charge is 0.0474 e. The van der Waals surface area contributed by atoms with Gasteiger partial charge in [-0.1, -0.05) is 6.92 Å². The van der Waals surface area contributed by atoms with E-state index in [1.165, 1.54) is 12.0 Å². The molecule has 1 N–H and O–H groups in total. The molecule has 0 aliphatic heterocycles. The Balaban J connectivity index is 2.31. The Bertz CT molecular complexity index is 283. The Hall–Kier alpha value is -0.800. The standard InChI is InChI=1S/C13H24N2O/c1-4-8-15-9-6-13(11-15)12(2)14-7-5-10-16-3/h6,9,11-12,14H,4-5,7-8,10H2,1-3H3/t12-/m1/s1. The topological polar surface area (TPSA) is 26.2 Å². The van der Waals surface area contributed by atoms with Crippen LogP contribution in [-0.4, -0.2) is 24.8 Å².